The van der Waals surface area contributed by atoms with Gasteiger partial charge < -0.3 is 10.4 Å². The van der Waals surface area contributed by atoms with Gasteiger partial charge in [-0.1, -0.05) is 20.8 Å². The SMILES string of the molecule is CC(C)(C)CNC1CS(=O)(=O)CC1O. The molecule has 1 rings (SSSR count). The molecule has 0 aliphatic carbocycles. The van der Waals surface area contributed by atoms with E-state index in [-0.39, 0.29) is 23.0 Å². The zero-order valence-corrected chi connectivity index (χ0v) is 9.76. The molecule has 5 heteroatoms. The lowest BCUT2D eigenvalue weighted by molar-refractivity contribution is 0.159. The van der Waals surface area contributed by atoms with Crippen LogP contribution in [0.15, 0.2) is 0 Å². The molecule has 2 unspecified atom stereocenters. The summed E-state index contributed by atoms with van der Waals surface area (Å²) >= 11 is 0. The van der Waals surface area contributed by atoms with E-state index in [1.807, 2.05) is 0 Å². The van der Waals surface area contributed by atoms with Gasteiger partial charge in [0.05, 0.1) is 17.6 Å². The van der Waals surface area contributed by atoms with Crippen molar-refractivity contribution in [2.45, 2.75) is 32.9 Å². The summed E-state index contributed by atoms with van der Waals surface area (Å²) in [6.45, 7) is 6.91. The molecule has 1 saturated heterocycles. The molecule has 0 aromatic carbocycles. The molecule has 0 aromatic heterocycles. The van der Waals surface area contributed by atoms with E-state index in [2.05, 4.69) is 26.1 Å². The highest BCUT2D eigenvalue weighted by molar-refractivity contribution is 7.91. The largest absolute Gasteiger partial charge is 0.390 e. The molecular formula is C9H19NO3S. The van der Waals surface area contributed by atoms with E-state index >= 15 is 0 Å². The summed E-state index contributed by atoms with van der Waals surface area (Å²) in [6, 6.07) is -0.292. The predicted octanol–water partition coefficient (Wildman–Crippen LogP) is -0.220. The molecule has 14 heavy (non-hydrogen) atoms. The van der Waals surface area contributed by atoms with Crippen LogP contribution in [0.25, 0.3) is 0 Å². The van der Waals surface area contributed by atoms with E-state index < -0.39 is 15.9 Å². The minimum Gasteiger partial charge on any atom is -0.390 e. The molecule has 1 aliphatic rings. The maximum Gasteiger partial charge on any atom is 0.154 e. The van der Waals surface area contributed by atoms with E-state index in [9.17, 15) is 13.5 Å². The third kappa shape index (κ3) is 3.55. The van der Waals surface area contributed by atoms with Crippen molar-refractivity contribution in [3.63, 3.8) is 0 Å². The molecule has 1 fully saturated rings. The van der Waals surface area contributed by atoms with Crippen LogP contribution in [0.4, 0.5) is 0 Å². The fraction of sp³-hybridized carbons (Fsp3) is 1.00. The van der Waals surface area contributed by atoms with Crippen LogP contribution in [0.5, 0.6) is 0 Å². The van der Waals surface area contributed by atoms with Gasteiger partial charge in [0.25, 0.3) is 0 Å². The molecule has 0 saturated carbocycles. The number of nitrogens with one attached hydrogen (secondary N) is 1. The van der Waals surface area contributed by atoms with Crippen molar-refractivity contribution < 1.29 is 13.5 Å². The fourth-order valence-corrected chi connectivity index (χ4v) is 3.24. The number of hydrogen-bond acceptors (Lipinski definition) is 4. The van der Waals surface area contributed by atoms with Crippen LogP contribution in [0, 0.1) is 5.41 Å². The fourth-order valence-electron chi connectivity index (χ4n) is 1.46. The quantitative estimate of drug-likeness (QED) is 0.676. The highest BCUT2D eigenvalue weighted by Gasteiger charge is 2.36. The lowest BCUT2D eigenvalue weighted by atomic mass is 9.96. The van der Waals surface area contributed by atoms with Crippen molar-refractivity contribution in [3.05, 3.63) is 0 Å². The van der Waals surface area contributed by atoms with E-state index in [0.29, 0.717) is 6.54 Å². The number of aliphatic hydroxyl groups excluding tert-OH is 1. The Balaban J connectivity index is 2.48. The Labute approximate surface area is 85.6 Å². The first-order chi connectivity index (χ1) is 6.20. The van der Waals surface area contributed by atoms with E-state index in [1.165, 1.54) is 0 Å². The van der Waals surface area contributed by atoms with Gasteiger partial charge >= 0.3 is 0 Å². The molecule has 84 valence electrons. The molecule has 0 aromatic rings. The second kappa shape index (κ2) is 3.79. The first-order valence-corrected chi connectivity index (χ1v) is 6.64. The van der Waals surface area contributed by atoms with Crippen LogP contribution in [-0.2, 0) is 9.84 Å². The zero-order chi connectivity index (χ0) is 11.0. The Morgan fingerprint density at radius 2 is 1.93 bits per heavy atom. The van der Waals surface area contributed by atoms with Gasteiger partial charge in [0.1, 0.15) is 0 Å². The molecule has 4 nitrogen and oxygen atoms in total. The molecule has 1 aliphatic heterocycles. The smallest absolute Gasteiger partial charge is 0.154 e. The second-order valence-electron chi connectivity index (χ2n) is 5.19. The Bertz CT molecular complexity index is 292. The average molecular weight is 221 g/mol. The van der Waals surface area contributed by atoms with Crippen molar-refractivity contribution in [2.24, 2.45) is 5.41 Å². The first kappa shape index (κ1) is 11.9. The Morgan fingerprint density at radius 3 is 2.29 bits per heavy atom. The standard InChI is InChI=1S/C9H19NO3S/c1-9(2,3)6-10-7-4-14(12,13)5-8(7)11/h7-8,10-11H,4-6H2,1-3H3. The summed E-state index contributed by atoms with van der Waals surface area (Å²) in [5.74, 6) is -0.0426. The molecule has 1 heterocycles. The maximum atomic E-state index is 11.2. The second-order valence-corrected chi connectivity index (χ2v) is 7.35. The van der Waals surface area contributed by atoms with E-state index in [1.54, 1.807) is 0 Å². The van der Waals surface area contributed by atoms with Gasteiger partial charge in [0, 0.05) is 12.6 Å². The summed E-state index contributed by atoms with van der Waals surface area (Å²) in [7, 11) is -3.02. The molecule has 0 bridgehead atoms. The third-order valence-electron chi connectivity index (χ3n) is 2.22. The average Bonchev–Trinajstić information content (AvgIpc) is 2.19. The lowest BCUT2D eigenvalue weighted by Crippen LogP contribution is -2.42. The molecular weight excluding hydrogens is 202 g/mol. The van der Waals surface area contributed by atoms with Gasteiger partial charge in [-0.15, -0.1) is 0 Å². The van der Waals surface area contributed by atoms with Crippen LogP contribution in [-0.4, -0.2) is 43.7 Å². The van der Waals surface area contributed by atoms with Crippen LogP contribution >= 0.6 is 0 Å². The number of rotatable bonds is 2. The minimum atomic E-state index is -3.02. The molecule has 0 spiro atoms. The normalized spacial score (nSPS) is 32.0. The molecule has 0 radical (unpaired) electrons. The van der Waals surface area contributed by atoms with Gasteiger partial charge in [-0.2, -0.15) is 0 Å². The summed E-state index contributed by atoms with van der Waals surface area (Å²) in [5, 5.41) is 12.6. The molecule has 0 amide bonds. The predicted molar refractivity (Wildman–Crippen MR) is 55.9 cm³/mol. The number of aliphatic hydroxyl groups is 1. The van der Waals surface area contributed by atoms with E-state index in [4.69, 9.17) is 0 Å². The van der Waals surface area contributed by atoms with Gasteiger partial charge in [-0.25, -0.2) is 8.42 Å². The summed E-state index contributed by atoms with van der Waals surface area (Å²) in [6.07, 6.45) is -0.748. The van der Waals surface area contributed by atoms with Crippen molar-refractivity contribution >= 4 is 9.84 Å². The summed E-state index contributed by atoms with van der Waals surface area (Å²) < 4.78 is 22.4. The van der Waals surface area contributed by atoms with Crippen LogP contribution in [0.1, 0.15) is 20.8 Å². The van der Waals surface area contributed by atoms with Gasteiger partial charge in [-0.05, 0) is 5.41 Å². The van der Waals surface area contributed by atoms with Crippen molar-refractivity contribution in [3.8, 4) is 0 Å². The van der Waals surface area contributed by atoms with Crippen LogP contribution in [0.3, 0.4) is 0 Å². The number of hydrogen-bond donors (Lipinski definition) is 2. The van der Waals surface area contributed by atoms with Crippen molar-refractivity contribution in [1.82, 2.24) is 5.32 Å². The lowest BCUT2D eigenvalue weighted by Gasteiger charge is -2.23. The Kier molecular flexibility index (Phi) is 3.23. The topological polar surface area (TPSA) is 66.4 Å². The van der Waals surface area contributed by atoms with Crippen LogP contribution in [0.2, 0.25) is 0 Å². The van der Waals surface area contributed by atoms with Gasteiger partial charge in [0.15, 0.2) is 9.84 Å². The number of sulfone groups is 1. The van der Waals surface area contributed by atoms with Gasteiger partial charge in [0.2, 0.25) is 0 Å². The zero-order valence-electron chi connectivity index (χ0n) is 8.95. The molecule has 2 atom stereocenters. The molecule has 2 N–H and O–H groups in total. The van der Waals surface area contributed by atoms with E-state index in [0.717, 1.165) is 0 Å². The minimum absolute atomic E-state index is 0.0598. The van der Waals surface area contributed by atoms with Crippen molar-refractivity contribution in [2.75, 3.05) is 18.1 Å². The Hall–Kier alpha value is -0.130. The summed E-state index contributed by atoms with van der Waals surface area (Å²) in [4.78, 5) is 0. The monoisotopic (exact) mass is 221 g/mol. The summed E-state index contributed by atoms with van der Waals surface area (Å²) in [5.41, 5.74) is 0.103. The first-order valence-electron chi connectivity index (χ1n) is 4.81. The highest BCUT2D eigenvalue weighted by atomic mass is 32.2. The van der Waals surface area contributed by atoms with Gasteiger partial charge in [-0.3, -0.25) is 0 Å². The highest BCUT2D eigenvalue weighted by Crippen LogP contribution is 2.15. The Morgan fingerprint density at radius 1 is 1.36 bits per heavy atom. The maximum absolute atomic E-state index is 11.2. The third-order valence-corrected chi connectivity index (χ3v) is 3.93. The van der Waals surface area contributed by atoms with Crippen molar-refractivity contribution in [1.29, 1.82) is 0 Å². The van der Waals surface area contributed by atoms with Crippen LogP contribution < -0.4 is 5.32 Å².